The molecular formula is C12H18N4S2. The number of thioether (sulfide) groups is 1. The zero-order valence-electron chi connectivity index (χ0n) is 10.8. The van der Waals surface area contributed by atoms with E-state index >= 15 is 0 Å². The first-order valence-electron chi connectivity index (χ1n) is 6.23. The third kappa shape index (κ3) is 2.22. The van der Waals surface area contributed by atoms with Gasteiger partial charge in [0.2, 0.25) is 0 Å². The highest BCUT2D eigenvalue weighted by Gasteiger charge is 2.27. The summed E-state index contributed by atoms with van der Waals surface area (Å²) in [6.07, 6.45) is 0. The normalized spacial score (nSPS) is 25.3. The number of hydrogen-bond acceptors (Lipinski definition) is 5. The van der Waals surface area contributed by atoms with Crippen LogP contribution in [0.15, 0.2) is 0 Å². The Hall–Kier alpha value is -0.430. The van der Waals surface area contributed by atoms with Crippen molar-refractivity contribution in [1.82, 2.24) is 19.8 Å². The van der Waals surface area contributed by atoms with E-state index in [1.54, 1.807) is 0 Å². The number of H-pyrrole nitrogens is 1. The zero-order chi connectivity index (χ0) is 12.7. The molecule has 0 saturated carbocycles. The van der Waals surface area contributed by atoms with Gasteiger partial charge < -0.3 is 9.88 Å². The lowest BCUT2D eigenvalue weighted by molar-refractivity contribution is 0.109. The van der Waals surface area contributed by atoms with Gasteiger partial charge in [0.15, 0.2) is 0 Å². The summed E-state index contributed by atoms with van der Waals surface area (Å²) in [7, 11) is 4.33. The predicted molar refractivity (Wildman–Crippen MR) is 77.3 cm³/mol. The van der Waals surface area contributed by atoms with Crippen LogP contribution in [0.4, 0.5) is 0 Å². The van der Waals surface area contributed by atoms with Gasteiger partial charge in [0.1, 0.15) is 10.5 Å². The minimum Gasteiger partial charge on any atom is -0.345 e. The molecule has 1 aromatic heterocycles. The summed E-state index contributed by atoms with van der Waals surface area (Å²) in [6.45, 7) is 3.21. The van der Waals surface area contributed by atoms with E-state index in [0.29, 0.717) is 6.04 Å². The molecule has 3 rings (SSSR count). The van der Waals surface area contributed by atoms with Crippen LogP contribution in [0, 0.1) is 4.64 Å². The predicted octanol–water partition coefficient (Wildman–Crippen LogP) is 1.80. The van der Waals surface area contributed by atoms with Gasteiger partial charge in [-0.15, -0.1) is 0 Å². The Morgan fingerprint density at radius 2 is 2.17 bits per heavy atom. The highest BCUT2D eigenvalue weighted by molar-refractivity contribution is 7.98. The van der Waals surface area contributed by atoms with E-state index in [1.807, 2.05) is 11.8 Å². The molecule has 0 radical (unpaired) electrons. The molecular weight excluding hydrogens is 264 g/mol. The molecule has 0 bridgehead atoms. The third-order valence-corrected chi connectivity index (χ3v) is 5.11. The Balaban J connectivity index is 1.96. The van der Waals surface area contributed by atoms with Crippen molar-refractivity contribution in [3.05, 3.63) is 21.7 Å². The monoisotopic (exact) mass is 282 g/mol. The van der Waals surface area contributed by atoms with Crippen LogP contribution in [-0.2, 0) is 11.5 Å². The minimum atomic E-state index is 0.335. The smallest absolute Gasteiger partial charge is 0.134 e. The van der Waals surface area contributed by atoms with E-state index < -0.39 is 0 Å². The van der Waals surface area contributed by atoms with Crippen LogP contribution in [0.2, 0.25) is 0 Å². The van der Waals surface area contributed by atoms with Crippen molar-refractivity contribution in [2.75, 3.05) is 33.7 Å². The molecule has 1 saturated heterocycles. The molecule has 1 atom stereocenters. The molecule has 18 heavy (non-hydrogen) atoms. The van der Waals surface area contributed by atoms with Crippen molar-refractivity contribution in [3.63, 3.8) is 0 Å². The molecule has 0 aromatic carbocycles. The Labute approximate surface area is 117 Å². The van der Waals surface area contributed by atoms with Crippen LogP contribution in [-0.4, -0.2) is 53.5 Å². The van der Waals surface area contributed by atoms with Crippen LogP contribution in [0.5, 0.6) is 0 Å². The lowest BCUT2D eigenvalue weighted by Crippen LogP contribution is -2.45. The fraction of sp³-hybridized carbons (Fsp3) is 0.667. The number of fused-ring (bicyclic) bond motifs is 1. The van der Waals surface area contributed by atoms with Crippen LogP contribution in [0.3, 0.4) is 0 Å². The van der Waals surface area contributed by atoms with Crippen molar-refractivity contribution in [2.24, 2.45) is 0 Å². The van der Waals surface area contributed by atoms with Crippen molar-refractivity contribution in [2.45, 2.75) is 17.5 Å². The molecule has 1 N–H and O–H groups in total. The molecule has 2 aliphatic heterocycles. The maximum absolute atomic E-state index is 5.43. The topological polar surface area (TPSA) is 35.2 Å². The highest BCUT2D eigenvalue weighted by atomic mass is 32.2. The average molecular weight is 282 g/mol. The SMILES string of the molecule is CN1CCN(C)C(c2nc(=S)c3c([nH]2)CSC3)C1. The maximum atomic E-state index is 5.43. The number of hydrogen-bond donors (Lipinski definition) is 1. The standard InChI is InChI=1S/C12H18N4S2/c1-15-3-4-16(2)10(5-15)11-13-9-7-18-6-8(9)12(17)14-11/h10H,3-7H2,1-2H3,(H,13,14,17). The van der Waals surface area contributed by atoms with Gasteiger partial charge in [0.05, 0.1) is 6.04 Å². The molecule has 0 aliphatic carbocycles. The number of nitrogens with one attached hydrogen (secondary N) is 1. The second-order valence-corrected chi connectivity index (χ2v) is 6.51. The summed E-state index contributed by atoms with van der Waals surface area (Å²) in [5.41, 5.74) is 2.53. The molecule has 6 heteroatoms. The van der Waals surface area contributed by atoms with Gasteiger partial charge in [-0.1, -0.05) is 12.2 Å². The first-order valence-corrected chi connectivity index (χ1v) is 7.80. The fourth-order valence-corrected chi connectivity index (χ4v) is 4.01. The fourth-order valence-electron chi connectivity index (χ4n) is 2.55. The van der Waals surface area contributed by atoms with Gasteiger partial charge in [-0.25, -0.2) is 4.98 Å². The Bertz CT molecular complexity index is 513. The summed E-state index contributed by atoms with van der Waals surface area (Å²) in [5.74, 6) is 3.09. The molecule has 1 fully saturated rings. The molecule has 3 heterocycles. The van der Waals surface area contributed by atoms with Gasteiger partial charge in [-0.2, -0.15) is 11.8 Å². The largest absolute Gasteiger partial charge is 0.345 e. The summed E-state index contributed by atoms with van der Waals surface area (Å²) in [6, 6.07) is 0.335. The van der Waals surface area contributed by atoms with E-state index in [1.165, 1.54) is 11.3 Å². The second kappa shape index (κ2) is 4.92. The van der Waals surface area contributed by atoms with Crippen molar-refractivity contribution >= 4 is 24.0 Å². The number of nitrogens with zero attached hydrogens (tertiary/aromatic N) is 3. The zero-order valence-corrected chi connectivity index (χ0v) is 12.4. The van der Waals surface area contributed by atoms with Crippen LogP contribution in [0.25, 0.3) is 0 Å². The Morgan fingerprint density at radius 1 is 1.33 bits per heavy atom. The van der Waals surface area contributed by atoms with Crippen molar-refractivity contribution in [1.29, 1.82) is 0 Å². The van der Waals surface area contributed by atoms with E-state index in [4.69, 9.17) is 12.2 Å². The summed E-state index contributed by atoms with van der Waals surface area (Å²) in [4.78, 5) is 12.9. The van der Waals surface area contributed by atoms with E-state index in [0.717, 1.165) is 41.6 Å². The summed E-state index contributed by atoms with van der Waals surface area (Å²) >= 11 is 7.34. The van der Waals surface area contributed by atoms with E-state index in [2.05, 4.69) is 33.9 Å². The number of aromatic nitrogens is 2. The average Bonchev–Trinajstić information content (AvgIpc) is 2.81. The number of likely N-dealkylation sites (N-methyl/N-ethyl adjacent to an activating group) is 2. The Kier molecular flexibility index (Phi) is 3.44. The van der Waals surface area contributed by atoms with Gasteiger partial charge in [-0.05, 0) is 14.1 Å². The number of piperazine rings is 1. The molecule has 1 unspecified atom stereocenters. The quantitative estimate of drug-likeness (QED) is 0.795. The minimum absolute atomic E-state index is 0.335. The molecule has 0 spiro atoms. The number of aromatic amines is 1. The van der Waals surface area contributed by atoms with Crippen LogP contribution in [0.1, 0.15) is 23.1 Å². The number of rotatable bonds is 1. The second-order valence-electron chi connectivity index (χ2n) is 5.14. The lowest BCUT2D eigenvalue weighted by Gasteiger charge is -2.37. The van der Waals surface area contributed by atoms with Gasteiger partial charge in [-0.3, -0.25) is 4.90 Å². The van der Waals surface area contributed by atoms with Gasteiger partial charge in [0, 0.05) is 42.4 Å². The van der Waals surface area contributed by atoms with Gasteiger partial charge >= 0.3 is 0 Å². The van der Waals surface area contributed by atoms with Crippen LogP contribution < -0.4 is 0 Å². The summed E-state index contributed by atoms with van der Waals surface area (Å²) < 4.78 is 0.797. The van der Waals surface area contributed by atoms with Gasteiger partial charge in [0.25, 0.3) is 0 Å². The third-order valence-electron chi connectivity index (χ3n) is 3.78. The van der Waals surface area contributed by atoms with Crippen molar-refractivity contribution < 1.29 is 0 Å². The van der Waals surface area contributed by atoms with E-state index in [-0.39, 0.29) is 0 Å². The molecule has 98 valence electrons. The molecule has 1 aromatic rings. The van der Waals surface area contributed by atoms with E-state index in [9.17, 15) is 0 Å². The molecule has 4 nitrogen and oxygen atoms in total. The molecule has 2 aliphatic rings. The maximum Gasteiger partial charge on any atom is 0.134 e. The molecule has 0 amide bonds. The Morgan fingerprint density at radius 3 is 3.00 bits per heavy atom. The summed E-state index contributed by atoms with van der Waals surface area (Å²) in [5, 5.41) is 0. The first kappa shape index (κ1) is 12.6. The van der Waals surface area contributed by atoms with Crippen molar-refractivity contribution in [3.8, 4) is 0 Å². The highest BCUT2D eigenvalue weighted by Crippen LogP contribution is 2.30. The first-order chi connectivity index (χ1) is 8.65. The van der Waals surface area contributed by atoms with Crippen LogP contribution >= 0.6 is 24.0 Å². The lowest BCUT2D eigenvalue weighted by atomic mass is 10.1.